The first-order valence-corrected chi connectivity index (χ1v) is 3.97. The van der Waals surface area contributed by atoms with Crippen molar-refractivity contribution in [3.8, 4) is 0 Å². The van der Waals surface area contributed by atoms with Crippen LogP contribution in [0.3, 0.4) is 0 Å². The van der Waals surface area contributed by atoms with Crippen LogP contribution in [0.25, 0.3) is 0 Å². The third kappa shape index (κ3) is 4.02. The predicted octanol–water partition coefficient (Wildman–Crippen LogP) is 2.62. The Morgan fingerprint density at radius 3 is 2.36 bits per heavy atom. The number of halogens is 1. The van der Waals surface area contributed by atoms with Crippen LogP contribution in [0.1, 0.15) is 33.6 Å². The molecule has 2 N–H and O–H groups in total. The number of rotatable bonds is 4. The fourth-order valence-corrected chi connectivity index (χ4v) is 0.761. The van der Waals surface area contributed by atoms with Crippen molar-refractivity contribution < 1.29 is 4.39 Å². The molecule has 0 bridgehead atoms. The van der Waals surface area contributed by atoms with Crippen molar-refractivity contribution in [2.75, 3.05) is 0 Å². The molecule has 1 unspecified atom stereocenters. The van der Waals surface area contributed by atoms with Gasteiger partial charge in [0.05, 0.1) is 0 Å². The molecule has 0 radical (unpaired) electrons. The summed E-state index contributed by atoms with van der Waals surface area (Å²) in [5.41, 5.74) is 5.40. The molecule has 1 nitrogen and oxygen atoms in total. The average Bonchev–Trinajstić information content (AvgIpc) is 1.87. The Hall–Kier alpha value is -0.530. The summed E-state index contributed by atoms with van der Waals surface area (Å²) in [5, 5.41) is 0. The third-order valence-electron chi connectivity index (χ3n) is 2.09. The summed E-state index contributed by atoms with van der Waals surface area (Å²) in [6.07, 6.45) is 0.379. The van der Waals surface area contributed by atoms with Gasteiger partial charge in [0.15, 0.2) is 0 Å². The highest BCUT2D eigenvalue weighted by Crippen LogP contribution is 2.28. The molecule has 0 aliphatic carbocycles. The first-order valence-electron chi connectivity index (χ1n) is 3.97. The Morgan fingerprint density at radius 2 is 2.09 bits per heavy atom. The van der Waals surface area contributed by atoms with Crippen LogP contribution in [0.2, 0.25) is 0 Å². The standard InChI is InChI=1S/C9H18FN/c1-5-9(3,4)6-8(10)7(2)11/h8H,2,5-6,11H2,1,3-4H3. The maximum Gasteiger partial charge on any atom is 0.139 e. The van der Waals surface area contributed by atoms with E-state index in [-0.39, 0.29) is 11.1 Å². The molecule has 0 aromatic carbocycles. The molecule has 0 rings (SSSR count). The Balaban J connectivity index is 3.93. The van der Waals surface area contributed by atoms with E-state index < -0.39 is 6.17 Å². The maximum absolute atomic E-state index is 13.0. The zero-order chi connectivity index (χ0) is 9.07. The van der Waals surface area contributed by atoms with Crippen LogP contribution in [0, 0.1) is 5.41 Å². The van der Waals surface area contributed by atoms with Crippen molar-refractivity contribution >= 4 is 0 Å². The minimum Gasteiger partial charge on any atom is -0.400 e. The average molecular weight is 159 g/mol. The van der Waals surface area contributed by atoms with E-state index in [1.54, 1.807) is 0 Å². The minimum absolute atomic E-state index is 0.0295. The number of hydrogen-bond acceptors (Lipinski definition) is 1. The molecule has 66 valence electrons. The quantitative estimate of drug-likeness (QED) is 0.670. The van der Waals surface area contributed by atoms with Crippen molar-refractivity contribution in [1.29, 1.82) is 0 Å². The lowest BCUT2D eigenvalue weighted by molar-refractivity contribution is 0.227. The van der Waals surface area contributed by atoms with Crippen molar-refractivity contribution in [2.45, 2.75) is 39.8 Å². The van der Waals surface area contributed by atoms with Gasteiger partial charge in [0.25, 0.3) is 0 Å². The van der Waals surface area contributed by atoms with E-state index in [0.29, 0.717) is 6.42 Å². The van der Waals surface area contributed by atoms with Crippen LogP contribution < -0.4 is 5.73 Å². The molecule has 0 aromatic heterocycles. The lowest BCUT2D eigenvalue weighted by Crippen LogP contribution is -2.21. The van der Waals surface area contributed by atoms with Crippen molar-refractivity contribution in [1.82, 2.24) is 0 Å². The van der Waals surface area contributed by atoms with Crippen LogP contribution in [-0.2, 0) is 0 Å². The van der Waals surface area contributed by atoms with E-state index in [2.05, 4.69) is 6.58 Å². The summed E-state index contributed by atoms with van der Waals surface area (Å²) in [4.78, 5) is 0. The van der Waals surface area contributed by atoms with Gasteiger partial charge >= 0.3 is 0 Å². The van der Waals surface area contributed by atoms with Gasteiger partial charge in [0.2, 0.25) is 0 Å². The summed E-state index contributed by atoms with van der Waals surface area (Å²) < 4.78 is 13.0. The van der Waals surface area contributed by atoms with Gasteiger partial charge < -0.3 is 5.73 Å². The van der Waals surface area contributed by atoms with E-state index in [9.17, 15) is 4.39 Å². The Kier molecular flexibility index (Phi) is 3.56. The third-order valence-corrected chi connectivity index (χ3v) is 2.09. The van der Waals surface area contributed by atoms with Gasteiger partial charge in [0.1, 0.15) is 6.17 Å². The molecule has 0 aromatic rings. The topological polar surface area (TPSA) is 26.0 Å². The van der Waals surface area contributed by atoms with Gasteiger partial charge in [-0.15, -0.1) is 0 Å². The van der Waals surface area contributed by atoms with Crippen molar-refractivity contribution in [2.24, 2.45) is 11.1 Å². The highest BCUT2D eigenvalue weighted by molar-refractivity contribution is 4.97. The second-order valence-corrected chi connectivity index (χ2v) is 3.76. The summed E-state index contributed by atoms with van der Waals surface area (Å²) in [6.45, 7) is 9.48. The van der Waals surface area contributed by atoms with E-state index in [0.717, 1.165) is 6.42 Å². The smallest absolute Gasteiger partial charge is 0.139 e. The molecule has 11 heavy (non-hydrogen) atoms. The molecule has 0 saturated heterocycles. The van der Waals surface area contributed by atoms with Gasteiger partial charge in [0, 0.05) is 5.70 Å². The van der Waals surface area contributed by atoms with Gasteiger partial charge in [-0.3, -0.25) is 0 Å². The highest BCUT2D eigenvalue weighted by atomic mass is 19.1. The second-order valence-electron chi connectivity index (χ2n) is 3.76. The highest BCUT2D eigenvalue weighted by Gasteiger charge is 2.21. The lowest BCUT2D eigenvalue weighted by Gasteiger charge is -2.24. The summed E-state index contributed by atoms with van der Waals surface area (Å²) in [5.74, 6) is 0. The number of allylic oxidation sites excluding steroid dienone is 1. The first-order chi connectivity index (χ1) is 4.89. The fraction of sp³-hybridized carbons (Fsp3) is 0.778. The van der Waals surface area contributed by atoms with Gasteiger partial charge in [-0.1, -0.05) is 33.8 Å². The Bertz CT molecular complexity index is 140. The van der Waals surface area contributed by atoms with Gasteiger partial charge in [-0.25, -0.2) is 4.39 Å². The van der Waals surface area contributed by atoms with E-state index in [1.807, 2.05) is 20.8 Å². The van der Waals surface area contributed by atoms with Crippen LogP contribution in [0.4, 0.5) is 4.39 Å². The normalized spacial score (nSPS) is 14.5. The van der Waals surface area contributed by atoms with Gasteiger partial charge in [-0.05, 0) is 11.8 Å². The summed E-state index contributed by atoms with van der Waals surface area (Å²) in [7, 11) is 0. The number of hydrogen-bond donors (Lipinski definition) is 1. The largest absolute Gasteiger partial charge is 0.400 e. The van der Waals surface area contributed by atoms with Crippen LogP contribution >= 0.6 is 0 Å². The lowest BCUT2D eigenvalue weighted by atomic mass is 9.84. The SMILES string of the molecule is C=C(N)C(F)CC(C)(C)CC. The second kappa shape index (κ2) is 3.74. The summed E-state index contributed by atoms with van der Waals surface area (Å²) >= 11 is 0. The molecule has 0 spiro atoms. The monoisotopic (exact) mass is 159 g/mol. The Morgan fingerprint density at radius 1 is 1.64 bits per heavy atom. The zero-order valence-electron chi connectivity index (χ0n) is 7.65. The molecule has 0 aliphatic rings. The molecule has 0 fully saturated rings. The van der Waals surface area contributed by atoms with Crippen molar-refractivity contribution in [3.63, 3.8) is 0 Å². The molecular formula is C9H18FN. The van der Waals surface area contributed by atoms with E-state index in [4.69, 9.17) is 5.73 Å². The van der Waals surface area contributed by atoms with Crippen LogP contribution in [-0.4, -0.2) is 6.17 Å². The number of alkyl halides is 1. The first kappa shape index (κ1) is 10.5. The minimum atomic E-state index is -1.05. The zero-order valence-corrected chi connectivity index (χ0v) is 7.65. The molecule has 1 atom stereocenters. The van der Waals surface area contributed by atoms with Crippen LogP contribution in [0.5, 0.6) is 0 Å². The molecule has 2 heteroatoms. The molecule has 0 amide bonds. The fourth-order valence-electron chi connectivity index (χ4n) is 0.761. The summed E-state index contributed by atoms with van der Waals surface area (Å²) in [6, 6.07) is 0. The Labute approximate surface area is 68.5 Å². The predicted molar refractivity (Wildman–Crippen MR) is 46.9 cm³/mol. The molecular weight excluding hydrogens is 141 g/mol. The maximum atomic E-state index is 13.0. The van der Waals surface area contributed by atoms with E-state index in [1.165, 1.54) is 0 Å². The van der Waals surface area contributed by atoms with Gasteiger partial charge in [-0.2, -0.15) is 0 Å². The van der Waals surface area contributed by atoms with Crippen molar-refractivity contribution in [3.05, 3.63) is 12.3 Å². The molecule has 0 aliphatic heterocycles. The van der Waals surface area contributed by atoms with E-state index >= 15 is 0 Å². The van der Waals surface area contributed by atoms with Crippen LogP contribution in [0.15, 0.2) is 12.3 Å². The molecule has 0 saturated carbocycles. The molecule has 0 heterocycles. The number of nitrogens with two attached hydrogens (primary N) is 1.